The van der Waals surface area contributed by atoms with Crippen molar-refractivity contribution in [2.75, 3.05) is 27.2 Å². The van der Waals surface area contributed by atoms with Crippen molar-refractivity contribution in [3.63, 3.8) is 0 Å². The molecule has 0 aliphatic carbocycles. The molecule has 0 aromatic carbocycles. The van der Waals surface area contributed by atoms with Gasteiger partial charge in [-0.2, -0.15) is 5.10 Å². The molecule has 2 atom stereocenters. The first-order valence-electron chi connectivity index (χ1n) is 8.68. The van der Waals surface area contributed by atoms with Crippen molar-refractivity contribution < 1.29 is 4.79 Å². The SMILES string of the molecule is Cc1cnc(C(=O)N(C)C[C@@H]2CCCN(C)[C@H]2c2cnn(C)c2)cn1. The molecule has 1 amide bonds. The third-order valence-corrected chi connectivity index (χ3v) is 4.93. The van der Waals surface area contributed by atoms with E-state index in [0.717, 1.165) is 25.1 Å². The van der Waals surface area contributed by atoms with E-state index in [1.807, 2.05) is 31.9 Å². The van der Waals surface area contributed by atoms with Gasteiger partial charge in [-0.3, -0.25) is 19.4 Å². The molecule has 1 aliphatic heterocycles. The third-order valence-electron chi connectivity index (χ3n) is 4.93. The lowest BCUT2D eigenvalue weighted by atomic mass is 9.85. The van der Waals surface area contributed by atoms with Crippen LogP contribution in [-0.2, 0) is 7.05 Å². The maximum atomic E-state index is 12.7. The minimum atomic E-state index is -0.0781. The van der Waals surface area contributed by atoms with Gasteiger partial charge < -0.3 is 4.90 Å². The van der Waals surface area contributed by atoms with Gasteiger partial charge in [0.05, 0.1) is 18.1 Å². The molecule has 3 heterocycles. The Morgan fingerprint density at radius 1 is 1.28 bits per heavy atom. The fourth-order valence-electron chi connectivity index (χ4n) is 3.70. The molecular weight excluding hydrogens is 316 g/mol. The predicted molar refractivity (Wildman–Crippen MR) is 95.0 cm³/mol. The normalized spacial score (nSPS) is 21.3. The first-order chi connectivity index (χ1) is 12.0. The highest BCUT2D eigenvalue weighted by molar-refractivity contribution is 5.91. The van der Waals surface area contributed by atoms with Gasteiger partial charge in [0, 0.05) is 44.6 Å². The molecule has 1 aliphatic rings. The molecule has 1 saturated heterocycles. The van der Waals surface area contributed by atoms with Crippen LogP contribution in [0.4, 0.5) is 0 Å². The fourth-order valence-corrected chi connectivity index (χ4v) is 3.70. The molecule has 0 bridgehead atoms. The van der Waals surface area contributed by atoms with Crippen LogP contribution in [0, 0.1) is 12.8 Å². The average molecular weight is 342 g/mol. The van der Waals surface area contributed by atoms with Gasteiger partial charge in [0.2, 0.25) is 0 Å². The number of hydrogen-bond donors (Lipinski definition) is 0. The number of likely N-dealkylation sites (tertiary alicyclic amines) is 1. The van der Waals surface area contributed by atoms with E-state index in [9.17, 15) is 4.79 Å². The molecule has 134 valence electrons. The third kappa shape index (κ3) is 3.87. The summed E-state index contributed by atoms with van der Waals surface area (Å²) in [7, 11) is 5.93. The van der Waals surface area contributed by atoms with Crippen LogP contribution in [0.2, 0.25) is 0 Å². The first kappa shape index (κ1) is 17.5. The number of piperidine rings is 1. The summed E-state index contributed by atoms with van der Waals surface area (Å²) >= 11 is 0. The van der Waals surface area contributed by atoms with Crippen LogP contribution in [0.25, 0.3) is 0 Å². The quantitative estimate of drug-likeness (QED) is 0.846. The van der Waals surface area contributed by atoms with Crippen LogP contribution in [0.3, 0.4) is 0 Å². The van der Waals surface area contributed by atoms with Crippen molar-refractivity contribution in [1.82, 2.24) is 29.5 Å². The number of aryl methyl sites for hydroxylation is 2. The van der Waals surface area contributed by atoms with Crippen molar-refractivity contribution in [3.8, 4) is 0 Å². The lowest BCUT2D eigenvalue weighted by Crippen LogP contribution is -2.42. The Morgan fingerprint density at radius 3 is 2.72 bits per heavy atom. The summed E-state index contributed by atoms with van der Waals surface area (Å²) in [6.45, 7) is 3.62. The monoisotopic (exact) mass is 342 g/mol. The van der Waals surface area contributed by atoms with Crippen molar-refractivity contribution in [1.29, 1.82) is 0 Å². The molecule has 0 unspecified atom stereocenters. The second-order valence-corrected chi connectivity index (χ2v) is 7.00. The van der Waals surface area contributed by atoms with E-state index in [2.05, 4.69) is 33.2 Å². The van der Waals surface area contributed by atoms with Crippen LogP contribution < -0.4 is 0 Å². The van der Waals surface area contributed by atoms with Gasteiger partial charge in [-0.25, -0.2) is 4.98 Å². The van der Waals surface area contributed by atoms with Crippen molar-refractivity contribution in [2.24, 2.45) is 13.0 Å². The number of carbonyl (C=O) groups excluding carboxylic acids is 1. The van der Waals surface area contributed by atoms with Gasteiger partial charge in [0.15, 0.2) is 0 Å². The molecule has 0 spiro atoms. The molecule has 7 nitrogen and oxygen atoms in total. The van der Waals surface area contributed by atoms with E-state index >= 15 is 0 Å². The van der Waals surface area contributed by atoms with Crippen molar-refractivity contribution >= 4 is 5.91 Å². The largest absolute Gasteiger partial charge is 0.340 e. The van der Waals surface area contributed by atoms with Gasteiger partial charge in [0.1, 0.15) is 5.69 Å². The summed E-state index contributed by atoms with van der Waals surface area (Å²) in [6.07, 6.45) is 9.44. The Morgan fingerprint density at radius 2 is 2.08 bits per heavy atom. The molecule has 25 heavy (non-hydrogen) atoms. The molecule has 0 radical (unpaired) electrons. The number of hydrogen-bond acceptors (Lipinski definition) is 5. The van der Waals surface area contributed by atoms with E-state index in [1.54, 1.807) is 17.3 Å². The summed E-state index contributed by atoms with van der Waals surface area (Å²) in [4.78, 5) is 25.2. The minimum Gasteiger partial charge on any atom is -0.340 e. The topological polar surface area (TPSA) is 67.2 Å². The predicted octanol–water partition coefficient (Wildman–Crippen LogP) is 1.67. The highest BCUT2D eigenvalue weighted by Gasteiger charge is 2.33. The van der Waals surface area contributed by atoms with Gasteiger partial charge in [-0.1, -0.05) is 0 Å². The minimum absolute atomic E-state index is 0.0781. The van der Waals surface area contributed by atoms with Crippen LogP contribution in [0.15, 0.2) is 24.8 Å². The Bertz CT molecular complexity index is 725. The number of rotatable bonds is 4. The molecular formula is C18H26N6O. The van der Waals surface area contributed by atoms with Crippen LogP contribution in [0.1, 0.15) is 40.6 Å². The second-order valence-electron chi connectivity index (χ2n) is 7.00. The Balaban J connectivity index is 1.74. The zero-order valence-electron chi connectivity index (χ0n) is 15.4. The van der Waals surface area contributed by atoms with E-state index in [1.165, 1.54) is 5.56 Å². The maximum Gasteiger partial charge on any atom is 0.273 e. The van der Waals surface area contributed by atoms with E-state index in [-0.39, 0.29) is 11.9 Å². The molecule has 2 aromatic heterocycles. The number of carbonyl (C=O) groups is 1. The molecule has 1 fully saturated rings. The molecule has 2 aromatic rings. The van der Waals surface area contributed by atoms with Gasteiger partial charge in [0.25, 0.3) is 5.91 Å². The highest BCUT2D eigenvalue weighted by atomic mass is 16.2. The van der Waals surface area contributed by atoms with E-state index in [0.29, 0.717) is 18.2 Å². The van der Waals surface area contributed by atoms with E-state index in [4.69, 9.17) is 0 Å². The molecule has 7 heteroatoms. The van der Waals surface area contributed by atoms with Crippen LogP contribution >= 0.6 is 0 Å². The van der Waals surface area contributed by atoms with Crippen LogP contribution in [-0.4, -0.2) is 62.6 Å². The summed E-state index contributed by atoms with van der Waals surface area (Å²) in [6, 6.07) is 0.279. The maximum absolute atomic E-state index is 12.7. The molecule has 0 N–H and O–H groups in total. The van der Waals surface area contributed by atoms with E-state index < -0.39 is 0 Å². The highest BCUT2D eigenvalue weighted by Crippen LogP contribution is 2.35. The zero-order chi connectivity index (χ0) is 18.0. The zero-order valence-corrected chi connectivity index (χ0v) is 15.4. The number of nitrogens with zero attached hydrogens (tertiary/aromatic N) is 6. The second kappa shape index (κ2) is 7.31. The van der Waals surface area contributed by atoms with Gasteiger partial charge >= 0.3 is 0 Å². The Hall–Kier alpha value is -2.28. The summed E-state index contributed by atoms with van der Waals surface area (Å²) in [5, 5.41) is 4.32. The van der Waals surface area contributed by atoms with Gasteiger partial charge in [-0.15, -0.1) is 0 Å². The molecule has 3 rings (SSSR count). The summed E-state index contributed by atoms with van der Waals surface area (Å²) in [5.74, 6) is 0.293. The lowest BCUT2D eigenvalue weighted by molar-refractivity contribution is 0.0640. The van der Waals surface area contributed by atoms with Crippen molar-refractivity contribution in [2.45, 2.75) is 25.8 Å². The Labute approximate surface area is 148 Å². The average Bonchev–Trinajstić information content (AvgIpc) is 3.01. The smallest absolute Gasteiger partial charge is 0.273 e. The standard InChI is InChI=1S/C18H26N6O/c1-13-8-20-16(10-19-13)18(25)23(3)11-14-6-5-7-22(2)17(14)15-9-21-24(4)12-15/h8-10,12,14,17H,5-7,11H2,1-4H3/t14-,17+/m0/s1. The fraction of sp³-hybridized carbons (Fsp3) is 0.556. The number of amides is 1. The van der Waals surface area contributed by atoms with Crippen LogP contribution in [0.5, 0.6) is 0 Å². The Kier molecular flexibility index (Phi) is 5.13. The lowest BCUT2D eigenvalue weighted by Gasteiger charge is -2.40. The first-order valence-corrected chi connectivity index (χ1v) is 8.68. The van der Waals surface area contributed by atoms with Gasteiger partial charge in [-0.05, 0) is 39.3 Å². The number of aromatic nitrogens is 4. The molecule has 0 saturated carbocycles. The summed E-state index contributed by atoms with van der Waals surface area (Å²) in [5.41, 5.74) is 2.42. The summed E-state index contributed by atoms with van der Waals surface area (Å²) < 4.78 is 1.84. The van der Waals surface area contributed by atoms with Crippen molar-refractivity contribution in [3.05, 3.63) is 41.7 Å².